The lowest BCUT2D eigenvalue weighted by Crippen LogP contribution is -2.14. The molecular formula is C12H13BrN6OS. The van der Waals surface area contributed by atoms with Gasteiger partial charge in [0, 0.05) is 10.2 Å². The summed E-state index contributed by atoms with van der Waals surface area (Å²) >= 11 is 4.55. The van der Waals surface area contributed by atoms with E-state index in [1.165, 1.54) is 0 Å². The number of amides is 1. The quantitative estimate of drug-likeness (QED) is 0.704. The molecule has 0 atom stereocenters. The molecule has 0 bridgehead atoms. The maximum absolute atomic E-state index is 11.9. The van der Waals surface area contributed by atoms with Gasteiger partial charge in [-0.15, -0.1) is 0 Å². The number of rotatable bonds is 4. The summed E-state index contributed by atoms with van der Waals surface area (Å²) in [6.45, 7) is 1.95. The summed E-state index contributed by atoms with van der Waals surface area (Å²) in [6, 6.07) is 5.58. The van der Waals surface area contributed by atoms with E-state index in [-0.39, 0.29) is 23.6 Å². The molecule has 0 saturated heterocycles. The number of nitrogens with one attached hydrogen (secondary N) is 1. The number of aryl methyl sites for hydroxylation is 1. The van der Waals surface area contributed by atoms with Crippen LogP contribution in [-0.4, -0.2) is 26.6 Å². The van der Waals surface area contributed by atoms with E-state index in [0.717, 1.165) is 27.5 Å². The lowest BCUT2D eigenvalue weighted by atomic mass is 10.2. The van der Waals surface area contributed by atoms with Crippen molar-refractivity contribution in [1.29, 1.82) is 0 Å². The molecule has 0 aliphatic carbocycles. The number of hydrogen-bond acceptors (Lipinski definition) is 7. The molecule has 0 radical (unpaired) electrons. The second-order valence-electron chi connectivity index (χ2n) is 4.14. The van der Waals surface area contributed by atoms with Gasteiger partial charge in [-0.2, -0.15) is 15.0 Å². The normalized spacial score (nSPS) is 10.4. The van der Waals surface area contributed by atoms with Gasteiger partial charge in [0.15, 0.2) is 5.16 Å². The molecule has 0 aliphatic heterocycles. The van der Waals surface area contributed by atoms with Gasteiger partial charge in [0.2, 0.25) is 17.8 Å². The molecule has 110 valence electrons. The summed E-state index contributed by atoms with van der Waals surface area (Å²) in [6.07, 6.45) is 0. The van der Waals surface area contributed by atoms with E-state index in [4.69, 9.17) is 11.5 Å². The van der Waals surface area contributed by atoms with Gasteiger partial charge in [0.05, 0.1) is 5.75 Å². The third-order valence-corrected chi connectivity index (χ3v) is 4.16. The summed E-state index contributed by atoms with van der Waals surface area (Å²) < 4.78 is 0.992. The smallest absolute Gasteiger partial charge is 0.234 e. The Hall–Kier alpha value is -1.87. The Bertz CT molecular complexity index is 661. The maximum Gasteiger partial charge on any atom is 0.234 e. The summed E-state index contributed by atoms with van der Waals surface area (Å²) in [7, 11) is 0. The Kier molecular flexibility index (Phi) is 4.97. The number of halogens is 1. The Balaban J connectivity index is 1.94. The fraction of sp³-hybridized carbons (Fsp3) is 0.167. The second-order valence-corrected chi connectivity index (χ2v) is 5.93. The highest BCUT2D eigenvalue weighted by molar-refractivity contribution is 9.10. The van der Waals surface area contributed by atoms with Crippen molar-refractivity contribution < 1.29 is 4.79 Å². The largest absolute Gasteiger partial charge is 0.368 e. The number of nitrogen functional groups attached to an aromatic ring is 2. The van der Waals surface area contributed by atoms with Gasteiger partial charge >= 0.3 is 0 Å². The van der Waals surface area contributed by atoms with Gasteiger partial charge in [-0.25, -0.2) is 0 Å². The van der Waals surface area contributed by atoms with E-state index in [2.05, 4.69) is 36.2 Å². The number of aromatic nitrogens is 3. The monoisotopic (exact) mass is 368 g/mol. The standard InChI is InChI=1S/C12H13BrN6OS/c1-6-4-7(2-3-8(6)13)16-9(20)5-21-12-18-10(14)17-11(15)19-12/h2-4H,5H2,1H3,(H,16,20)(H4,14,15,17,18,19). The Morgan fingerprint density at radius 3 is 2.57 bits per heavy atom. The van der Waals surface area contributed by atoms with Crippen molar-refractivity contribution in [3.63, 3.8) is 0 Å². The number of benzene rings is 1. The van der Waals surface area contributed by atoms with Crippen molar-refractivity contribution in [3.8, 4) is 0 Å². The first-order valence-corrected chi connectivity index (χ1v) is 7.68. The lowest BCUT2D eigenvalue weighted by Gasteiger charge is -2.07. The molecule has 1 amide bonds. The molecule has 2 rings (SSSR count). The Labute approximate surface area is 134 Å². The average molecular weight is 369 g/mol. The summed E-state index contributed by atoms with van der Waals surface area (Å²) in [5.74, 6) is 0.0556. The van der Waals surface area contributed by atoms with Gasteiger partial charge in [0.1, 0.15) is 0 Å². The molecule has 7 nitrogen and oxygen atoms in total. The van der Waals surface area contributed by atoms with E-state index in [1.807, 2.05) is 25.1 Å². The third kappa shape index (κ3) is 4.57. The van der Waals surface area contributed by atoms with Crippen LogP contribution in [0.3, 0.4) is 0 Å². The van der Waals surface area contributed by atoms with Crippen LogP contribution in [0.2, 0.25) is 0 Å². The van der Waals surface area contributed by atoms with Gasteiger partial charge in [-0.1, -0.05) is 27.7 Å². The van der Waals surface area contributed by atoms with E-state index < -0.39 is 0 Å². The minimum absolute atomic E-state index is 0.0361. The van der Waals surface area contributed by atoms with Crippen molar-refractivity contribution in [1.82, 2.24) is 15.0 Å². The predicted octanol–water partition coefficient (Wildman–Crippen LogP) is 1.84. The van der Waals surface area contributed by atoms with Crippen LogP contribution in [0.25, 0.3) is 0 Å². The zero-order valence-electron chi connectivity index (χ0n) is 11.1. The molecule has 21 heavy (non-hydrogen) atoms. The number of anilines is 3. The number of carbonyl (C=O) groups is 1. The molecule has 1 aromatic heterocycles. The zero-order chi connectivity index (χ0) is 15.4. The van der Waals surface area contributed by atoms with Crippen LogP contribution in [0.5, 0.6) is 0 Å². The molecule has 5 N–H and O–H groups in total. The van der Waals surface area contributed by atoms with Crippen LogP contribution in [0.15, 0.2) is 27.8 Å². The van der Waals surface area contributed by atoms with Crippen LogP contribution < -0.4 is 16.8 Å². The number of thioether (sulfide) groups is 1. The number of carbonyl (C=O) groups excluding carboxylic acids is 1. The first kappa shape index (κ1) is 15.5. The van der Waals surface area contributed by atoms with Crippen molar-refractivity contribution in [3.05, 3.63) is 28.2 Å². The molecule has 0 saturated carbocycles. The van der Waals surface area contributed by atoms with Crippen LogP contribution in [0.1, 0.15) is 5.56 Å². The summed E-state index contributed by atoms with van der Waals surface area (Å²) in [5, 5.41) is 3.12. The molecule has 2 aromatic rings. The minimum atomic E-state index is -0.167. The van der Waals surface area contributed by atoms with Gasteiger partial charge in [-0.3, -0.25) is 4.79 Å². The van der Waals surface area contributed by atoms with E-state index in [0.29, 0.717) is 5.16 Å². The SMILES string of the molecule is Cc1cc(NC(=O)CSc2nc(N)nc(N)n2)ccc1Br. The molecule has 9 heteroatoms. The van der Waals surface area contributed by atoms with Crippen LogP contribution >= 0.6 is 27.7 Å². The maximum atomic E-state index is 11.9. The molecule has 0 aliphatic rings. The molecular weight excluding hydrogens is 356 g/mol. The van der Waals surface area contributed by atoms with Gasteiger partial charge in [0.25, 0.3) is 0 Å². The second kappa shape index (κ2) is 6.72. The number of hydrogen-bond donors (Lipinski definition) is 3. The highest BCUT2D eigenvalue weighted by Crippen LogP contribution is 2.20. The van der Waals surface area contributed by atoms with Crippen LogP contribution in [0.4, 0.5) is 17.6 Å². The van der Waals surface area contributed by atoms with E-state index in [1.54, 1.807) is 0 Å². The predicted molar refractivity (Wildman–Crippen MR) is 86.9 cm³/mol. The average Bonchev–Trinajstić information content (AvgIpc) is 2.40. The van der Waals surface area contributed by atoms with E-state index in [9.17, 15) is 4.79 Å². The number of nitrogens with two attached hydrogens (primary N) is 2. The fourth-order valence-electron chi connectivity index (χ4n) is 1.50. The van der Waals surface area contributed by atoms with Crippen molar-refractivity contribution in [2.75, 3.05) is 22.5 Å². The van der Waals surface area contributed by atoms with Crippen molar-refractivity contribution >= 4 is 51.2 Å². The molecule has 0 spiro atoms. The van der Waals surface area contributed by atoms with E-state index >= 15 is 0 Å². The first-order chi connectivity index (χ1) is 9.94. The molecule has 0 fully saturated rings. The Morgan fingerprint density at radius 1 is 1.29 bits per heavy atom. The van der Waals surface area contributed by atoms with Crippen molar-refractivity contribution in [2.45, 2.75) is 12.1 Å². The number of nitrogens with zero attached hydrogens (tertiary/aromatic N) is 3. The fourth-order valence-corrected chi connectivity index (χ4v) is 2.40. The molecule has 1 heterocycles. The third-order valence-electron chi connectivity index (χ3n) is 2.42. The first-order valence-electron chi connectivity index (χ1n) is 5.90. The zero-order valence-corrected chi connectivity index (χ0v) is 13.5. The summed E-state index contributed by atoms with van der Waals surface area (Å²) in [4.78, 5) is 23.3. The molecule has 1 aromatic carbocycles. The lowest BCUT2D eigenvalue weighted by molar-refractivity contribution is -0.113. The highest BCUT2D eigenvalue weighted by Gasteiger charge is 2.08. The molecule has 0 unspecified atom stereocenters. The van der Waals surface area contributed by atoms with Gasteiger partial charge in [-0.05, 0) is 30.7 Å². The highest BCUT2D eigenvalue weighted by atomic mass is 79.9. The summed E-state index contributed by atoms with van der Waals surface area (Å²) in [5.41, 5.74) is 12.7. The minimum Gasteiger partial charge on any atom is -0.368 e. The van der Waals surface area contributed by atoms with Gasteiger partial charge < -0.3 is 16.8 Å². The van der Waals surface area contributed by atoms with Crippen LogP contribution in [-0.2, 0) is 4.79 Å². The van der Waals surface area contributed by atoms with Crippen molar-refractivity contribution in [2.24, 2.45) is 0 Å². The topological polar surface area (TPSA) is 120 Å². The Morgan fingerprint density at radius 2 is 1.95 bits per heavy atom. The van der Waals surface area contributed by atoms with Crippen LogP contribution in [0, 0.1) is 6.92 Å².